The van der Waals surface area contributed by atoms with Gasteiger partial charge in [0.05, 0.1) is 10.9 Å². The summed E-state index contributed by atoms with van der Waals surface area (Å²) >= 11 is 1.41. The summed E-state index contributed by atoms with van der Waals surface area (Å²) in [4.78, 5) is 29.2. The molecule has 0 aliphatic carbocycles. The number of benzene rings is 1. The van der Waals surface area contributed by atoms with Gasteiger partial charge in [0.1, 0.15) is 5.82 Å². The van der Waals surface area contributed by atoms with Gasteiger partial charge in [-0.05, 0) is 30.7 Å². The number of pyridine rings is 1. The van der Waals surface area contributed by atoms with Crippen LogP contribution in [-0.4, -0.2) is 22.0 Å². The normalized spacial score (nSPS) is 16.6. The van der Waals surface area contributed by atoms with E-state index in [0.717, 1.165) is 16.1 Å². The fourth-order valence-corrected chi connectivity index (χ4v) is 3.24. The lowest BCUT2D eigenvalue weighted by molar-refractivity contribution is -0.120. The topological polar surface area (TPSA) is 71.1 Å². The van der Waals surface area contributed by atoms with Gasteiger partial charge in [-0.15, -0.1) is 11.8 Å². The van der Waals surface area contributed by atoms with Crippen molar-refractivity contribution >= 4 is 35.1 Å². The monoisotopic (exact) mass is 313 g/mol. The zero-order valence-electron chi connectivity index (χ0n) is 12.0. The van der Waals surface area contributed by atoms with Crippen LogP contribution in [0.4, 0.5) is 11.5 Å². The fourth-order valence-electron chi connectivity index (χ4n) is 2.13. The molecule has 112 valence electrons. The number of fused-ring (bicyclic) bond motifs is 1. The van der Waals surface area contributed by atoms with E-state index < -0.39 is 5.25 Å². The molecule has 1 aromatic carbocycles. The summed E-state index contributed by atoms with van der Waals surface area (Å²) < 4.78 is 0. The maximum Gasteiger partial charge on any atom is 0.238 e. The van der Waals surface area contributed by atoms with Crippen LogP contribution in [0.25, 0.3) is 0 Å². The van der Waals surface area contributed by atoms with Crippen LogP contribution in [0.1, 0.15) is 12.0 Å². The number of carbonyl (C=O) groups excluding carboxylic acids is 2. The van der Waals surface area contributed by atoms with E-state index >= 15 is 0 Å². The second-order valence-corrected chi connectivity index (χ2v) is 6.31. The number of nitrogens with zero attached hydrogens (tertiary/aromatic N) is 1. The molecule has 0 saturated carbocycles. The van der Waals surface area contributed by atoms with E-state index in [1.807, 2.05) is 37.3 Å². The lowest BCUT2D eigenvalue weighted by Gasteiger charge is -2.23. The summed E-state index contributed by atoms with van der Waals surface area (Å²) in [6.45, 7) is 1.93. The quantitative estimate of drug-likeness (QED) is 0.914. The molecule has 0 bridgehead atoms. The van der Waals surface area contributed by atoms with Gasteiger partial charge in [-0.2, -0.15) is 0 Å². The zero-order valence-corrected chi connectivity index (χ0v) is 12.8. The molecule has 0 radical (unpaired) electrons. The smallest absolute Gasteiger partial charge is 0.238 e. The third-order valence-corrected chi connectivity index (χ3v) is 4.53. The number of thioether (sulfide) groups is 1. The zero-order chi connectivity index (χ0) is 15.5. The Bertz CT molecular complexity index is 716. The lowest BCUT2D eigenvalue weighted by atomic mass is 10.2. The van der Waals surface area contributed by atoms with Crippen LogP contribution in [0.2, 0.25) is 0 Å². The Morgan fingerprint density at radius 1 is 1.32 bits per heavy atom. The largest absolute Gasteiger partial charge is 0.324 e. The van der Waals surface area contributed by atoms with Gasteiger partial charge in [0.25, 0.3) is 0 Å². The van der Waals surface area contributed by atoms with E-state index in [0.29, 0.717) is 5.82 Å². The van der Waals surface area contributed by atoms with Gasteiger partial charge in [0.15, 0.2) is 0 Å². The molecule has 1 aliphatic heterocycles. The first-order valence-electron chi connectivity index (χ1n) is 6.91. The molecule has 1 unspecified atom stereocenters. The van der Waals surface area contributed by atoms with Crippen molar-refractivity contribution in [1.29, 1.82) is 0 Å². The first-order chi connectivity index (χ1) is 10.6. The average molecular weight is 313 g/mol. The van der Waals surface area contributed by atoms with Crippen molar-refractivity contribution in [2.75, 3.05) is 10.6 Å². The minimum atomic E-state index is -0.430. The second kappa shape index (κ2) is 6.19. The molecule has 0 saturated heterocycles. The van der Waals surface area contributed by atoms with Crippen molar-refractivity contribution in [3.8, 4) is 0 Å². The Balaban J connectivity index is 1.64. The minimum Gasteiger partial charge on any atom is -0.324 e. The predicted octanol–water partition coefficient (Wildman–Crippen LogP) is 2.83. The minimum absolute atomic E-state index is 0.111. The van der Waals surface area contributed by atoms with Gasteiger partial charge in [-0.3, -0.25) is 9.59 Å². The van der Waals surface area contributed by atoms with Crippen LogP contribution in [0.5, 0.6) is 0 Å². The van der Waals surface area contributed by atoms with Crippen LogP contribution in [0, 0.1) is 6.92 Å². The van der Waals surface area contributed by atoms with Crippen molar-refractivity contribution in [2.45, 2.75) is 23.5 Å². The maximum atomic E-state index is 12.1. The van der Waals surface area contributed by atoms with Gasteiger partial charge in [0, 0.05) is 17.5 Å². The van der Waals surface area contributed by atoms with Crippen LogP contribution in [-0.2, 0) is 9.59 Å². The molecule has 2 amide bonds. The number of nitrogens with one attached hydrogen (secondary N) is 2. The number of hydrogen-bond acceptors (Lipinski definition) is 4. The van der Waals surface area contributed by atoms with Gasteiger partial charge in [-0.25, -0.2) is 4.98 Å². The molecule has 1 aliphatic rings. The van der Waals surface area contributed by atoms with E-state index in [1.54, 1.807) is 12.3 Å². The molecule has 3 rings (SSSR count). The van der Waals surface area contributed by atoms with Crippen LogP contribution in [0.15, 0.2) is 47.5 Å². The molecule has 2 heterocycles. The summed E-state index contributed by atoms with van der Waals surface area (Å²) in [6, 6.07) is 11.2. The highest BCUT2D eigenvalue weighted by molar-refractivity contribution is 8.01. The highest BCUT2D eigenvalue weighted by Crippen LogP contribution is 2.36. The predicted molar refractivity (Wildman–Crippen MR) is 86.9 cm³/mol. The van der Waals surface area contributed by atoms with Crippen molar-refractivity contribution in [3.05, 3.63) is 48.2 Å². The molecule has 22 heavy (non-hydrogen) atoms. The Hall–Kier alpha value is -2.34. The Kier molecular flexibility index (Phi) is 4.11. The molecule has 1 atom stereocenters. The van der Waals surface area contributed by atoms with E-state index in [1.165, 1.54) is 11.8 Å². The van der Waals surface area contributed by atoms with Crippen molar-refractivity contribution in [2.24, 2.45) is 0 Å². The van der Waals surface area contributed by atoms with Gasteiger partial charge >= 0.3 is 0 Å². The van der Waals surface area contributed by atoms with E-state index in [4.69, 9.17) is 0 Å². The molecular weight excluding hydrogens is 298 g/mol. The SMILES string of the molecule is Cc1ccc(NC(=O)CC2Sc3ccccc3NC2=O)nc1. The number of para-hydroxylation sites is 1. The molecule has 6 heteroatoms. The molecule has 2 N–H and O–H groups in total. The van der Waals surface area contributed by atoms with E-state index in [-0.39, 0.29) is 18.2 Å². The number of carbonyl (C=O) groups is 2. The number of anilines is 2. The Labute approximate surface area is 132 Å². The van der Waals surface area contributed by atoms with Crippen molar-refractivity contribution in [3.63, 3.8) is 0 Å². The summed E-state index contributed by atoms with van der Waals surface area (Å²) in [5.74, 6) is 0.135. The molecule has 2 aromatic rings. The summed E-state index contributed by atoms with van der Waals surface area (Å²) in [6.07, 6.45) is 1.80. The highest BCUT2D eigenvalue weighted by Gasteiger charge is 2.28. The molecule has 0 spiro atoms. The first kappa shape index (κ1) is 14.6. The van der Waals surface area contributed by atoms with Crippen molar-refractivity contribution in [1.82, 2.24) is 4.98 Å². The van der Waals surface area contributed by atoms with Crippen LogP contribution in [0.3, 0.4) is 0 Å². The molecular formula is C16H15N3O2S. The van der Waals surface area contributed by atoms with Crippen molar-refractivity contribution < 1.29 is 9.59 Å². The summed E-state index contributed by atoms with van der Waals surface area (Å²) in [7, 11) is 0. The Morgan fingerprint density at radius 2 is 2.14 bits per heavy atom. The fraction of sp³-hybridized carbons (Fsp3) is 0.188. The molecule has 5 nitrogen and oxygen atoms in total. The number of aryl methyl sites for hydroxylation is 1. The molecule has 0 fully saturated rings. The lowest BCUT2D eigenvalue weighted by Crippen LogP contribution is -2.32. The third kappa shape index (κ3) is 3.28. The maximum absolute atomic E-state index is 12.1. The second-order valence-electron chi connectivity index (χ2n) is 5.06. The number of hydrogen-bond donors (Lipinski definition) is 2. The molecule has 1 aromatic heterocycles. The van der Waals surface area contributed by atoms with Crippen LogP contribution < -0.4 is 10.6 Å². The van der Waals surface area contributed by atoms with E-state index in [2.05, 4.69) is 15.6 Å². The Morgan fingerprint density at radius 3 is 2.91 bits per heavy atom. The van der Waals surface area contributed by atoms with E-state index in [9.17, 15) is 9.59 Å². The number of rotatable bonds is 3. The highest BCUT2D eigenvalue weighted by atomic mass is 32.2. The first-order valence-corrected chi connectivity index (χ1v) is 7.79. The summed E-state index contributed by atoms with van der Waals surface area (Å²) in [5.41, 5.74) is 1.83. The van der Waals surface area contributed by atoms with Gasteiger partial charge in [-0.1, -0.05) is 18.2 Å². The number of aromatic nitrogens is 1. The third-order valence-electron chi connectivity index (χ3n) is 3.26. The van der Waals surface area contributed by atoms with Gasteiger partial charge in [0.2, 0.25) is 11.8 Å². The van der Waals surface area contributed by atoms with Crippen LogP contribution >= 0.6 is 11.8 Å². The van der Waals surface area contributed by atoms with Gasteiger partial charge < -0.3 is 10.6 Å². The summed E-state index contributed by atoms with van der Waals surface area (Å²) in [5, 5.41) is 5.12. The standard InChI is InChI=1S/C16H15N3O2S/c1-10-6-7-14(17-9-10)19-15(20)8-13-16(21)18-11-4-2-3-5-12(11)22-13/h2-7,9,13H,8H2,1H3,(H,18,21)(H,17,19,20). The average Bonchev–Trinajstić information content (AvgIpc) is 2.50. The number of amides is 2.